The maximum Gasteiger partial charge on any atom is 0.336 e. The lowest BCUT2D eigenvalue weighted by atomic mass is 9.87. The van der Waals surface area contributed by atoms with Crippen molar-refractivity contribution in [1.82, 2.24) is 0 Å². The minimum absolute atomic E-state index is 0.0488. The fourth-order valence-corrected chi connectivity index (χ4v) is 3.27. The van der Waals surface area contributed by atoms with Crippen molar-refractivity contribution >= 4 is 11.7 Å². The van der Waals surface area contributed by atoms with Gasteiger partial charge in [-0.1, -0.05) is 42.5 Å². The van der Waals surface area contributed by atoms with E-state index >= 15 is 0 Å². The topological polar surface area (TPSA) is 38.3 Å². The third-order valence-corrected chi connectivity index (χ3v) is 4.40. The van der Waals surface area contributed by atoms with Gasteiger partial charge in [0, 0.05) is 11.6 Å². The lowest BCUT2D eigenvalue weighted by Crippen LogP contribution is -2.38. The Morgan fingerprint density at radius 3 is 2.95 bits per heavy atom. The van der Waals surface area contributed by atoms with Crippen LogP contribution in [0.25, 0.3) is 0 Å². The summed E-state index contributed by atoms with van der Waals surface area (Å²) in [5.74, 6) is -0.0187. The number of benzene rings is 1. The van der Waals surface area contributed by atoms with E-state index in [1.165, 1.54) is 5.56 Å². The first kappa shape index (κ1) is 12.5. The highest BCUT2D eigenvalue weighted by Crippen LogP contribution is 2.32. The zero-order chi connectivity index (χ0) is 14.2. The SMILES string of the molecule is O=C1OC2C=CC=CC2C=C1C1CCc2ccccc2N1. The quantitative estimate of drug-likeness (QED) is 0.803. The number of hydrogen-bond donors (Lipinski definition) is 1. The van der Waals surface area contributed by atoms with Crippen molar-refractivity contribution in [1.29, 1.82) is 0 Å². The van der Waals surface area contributed by atoms with Crippen LogP contribution in [0.5, 0.6) is 0 Å². The second-order valence-corrected chi connectivity index (χ2v) is 5.73. The van der Waals surface area contributed by atoms with Gasteiger partial charge in [0.2, 0.25) is 0 Å². The molecule has 2 heterocycles. The van der Waals surface area contributed by atoms with Gasteiger partial charge in [0.15, 0.2) is 0 Å². The molecule has 0 amide bonds. The average Bonchev–Trinajstić information content (AvgIpc) is 2.54. The van der Waals surface area contributed by atoms with E-state index in [0.29, 0.717) is 0 Å². The Labute approximate surface area is 124 Å². The van der Waals surface area contributed by atoms with Crippen molar-refractivity contribution in [3.05, 3.63) is 65.8 Å². The molecule has 4 rings (SSSR count). The summed E-state index contributed by atoms with van der Waals surface area (Å²) >= 11 is 0. The highest BCUT2D eigenvalue weighted by atomic mass is 16.5. The van der Waals surface area contributed by atoms with E-state index < -0.39 is 0 Å². The zero-order valence-electron chi connectivity index (χ0n) is 11.7. The van der Waals surface area contributed by atoms with Gasteiger partial charge in [0.1, 0.15) is 6.10 Å². The molecule has 3 nitrogen and oxygen atoms in total. The first-order chi connectivity index (χ1) is 10.3. The van der Waals surface area contributed by atoms with Gasteiger partial charge in [-0.05, 0) is 30.5 Å². The summed E-state index contributed by atoms with van der Waals surface area (Å²) in [6.07, 6.45) is 11.8. The summed E-state index contributed by atoms with van der Waals surface area (Å²) in [5.41, 5.74) is 3.21. The monoisotopic (exact) mass is 279 g/mol. The number of fused-ring (bicyclic) bond motifs is 2. The number of para-hydroxylation sites is 1. The smallest absolute Gasteiger partial charge is 0.336 e. The molecule has 106 valence electrons. The molecule has 1 aliphatic carbocycles. The standard InChI is InChI=1S/C18H17NO2/c20-18-14(11-13-6-2-4-8-17(13)21-18)16-10-9-12-5-1-3-7-15(12)19-16/h1-8,11,13,16-17,19H,9-10H2. The number of nitrogens with one attached hydrogen (secondary N) is 1. The lowest BCUT2D eigenvalue weighted by molar-refractivity contribution is -0.144. The molecule has 0 spiro atoms. The number of hydrogen-bond acceptors (Lipinski definition) is 3. The van der Waals surface area contributed by atoms with E-state index in [1.807, 2.05) is 24.3 Å². The molecule has 0 fully saturated rings. The molecule has 2 aliphatic heterocycles. The van der Waals surface area contributed by atoms with Crippen LogP contribution in [0, 0.1) is 5.92 Å². The van der Waals surface area contributed by atoms with Gasteiger partial charge in [0.25, 0.3) is 0 Å². The van der Waals surface area contributed by atoms with Crippen LogP contribution in [-0.4, -0.2) is 18.1 Å². The molecule has 3 heteroatoms. The second-order valence-electron chi connectivity index (χ2n) is 5.73. The van der Waals surface area contributed by atoms with E-state index in [1.54, 1.807) is 0 Å². The van der Waals surface area contributed by atoms with Gasteiger partial charge < -0.3 is 10.1 Å². The molecule has 3 aliphatic rings. The second kappa shape index (κ2) is 4.92. The molecule has 1 aromatic carbocycles. The molecule has 0 saturated heterocycles. The molecular formula is C18H17NO2. The van der Waals surface area contributed by atoms with Crippen LogP contribution in [0.3, 0.4) is 0 Å². The van der Waals surface area contributed by atoms with Crippen molar-refractivity contribution < 1.29 is 9.53 Å². The van der Waals surface area contributed by atoms with Crippen LogP contribution in [-0.2, 0) is 16.0 Å². The molecule has 0 aromatic heterocycles. The Hall–Kier alpha value is -2.29. The maximum absolute atomic E-state index is 12.3. The molecule has 3 unspecified atom stereocenters. The Morgan fingerprint density at radius 1 is 1.14 bits per heavy atom. The number of aryl methyl sites for hydroxylation is 1. The minimum atomic E-state index is -0.187. The summed E-state index contributed by atoms with van der Waals surface area (Å²) in [5, 5.41) is 3.48. The van der Waals surface area contributed by atoms with Gasteiger partial charge in [-0.3, -0.25) is 0 Å². The predicted octanol–water partition coefficient (Wildman–Crippen LogP) is 3.01. The Kier molecular flexibility index (Phi) is 2.92. The number of anilines is 1. The fourth-order valence-electron chi connectivity index (χ4n) is 3.27. The molecule has 3 atom stereocenters. The van der Waals surface area contributed by atoms with E-state index in [4.69, 9.17) is 4.74 Å². The molecule has 0 radical (unpaired) electrons. The number of esters is 1. The number of rotatable bonds is 1. The summed E-state index contributed by atoms with van der Waals surface area (Å²) in [6.45, 7) is 0. The highest BCUT2D eigenvalue weighted by Gasteiger charge is 2.34. The average molecular weight is 279 g/mol. The Bertz CT molecular complexity index is 672. The van der Waals surface area contributed by atoms with Crippen LogP contribution >= 0.6 is 0 Å². The number of carbonyl (C=O) groups excluding carboxylic acids is 1. The molecular weight excluding hydrogens is 262 g/mol. The van der Waals surface area contributed by atoms with Crippen LogP contribution in [0.1, 0.15) is 12.0 Å². The van der Waals surface area contributed by atoms with Crippen LogP contribution in [0.15, 0.2) is 60.2 Å². The van der Waals surface area contributed by atoms with E-state index in [9.17, 15) is 4.79 Å². The van der Waals surface area contributed by atoms with Gasteiger partial charge >= 0.3 is 5.97 Å². The normalized spacial score (nSPS) is 29.8. The first-order valence-corrected chi connectivity index (χ1v) is 7.43. The molecule has 0 saturated carbocycles. The fraction of sp³-hybridized carbons (Fsp3) is 0.278. The van der Waals surface area contributed by atoms with E-state index in [-0.39, 0.29) is 24.0 Å². The Balaban J connectivity index is 1.62. The van der Waals surface area contributed by atoms with Crippen LogP contribution in [0.4, 0.5) is 5.69 Å². The van der Waals surface area contributed by atoms with Crippen LogP contribution < -0.4 is 5.32 Å². The first-order valence-electron chi connectivity index (χ1n) is 7.43. The van der Waals surface area contributed by atoms with E-state index in [2.05, 4.69) is 35.7 Å². The number of carbonyl (C=O) groups is 1. The van der Waals surface area contributed by atoms with Crippen LogP contribution in [0.2, 0.25) is 0 Å². The Morgan fingerprint density at radius 2 is 2.00 bits per heavy atom. The van der Waals surface area contributed by atoms with Gasteiger partial charge in [0.05, 0.1) is 11.6 Å². The highest BCUT2D eigenvalue weighted by molar-refractivity contribution is 5.92. The number of allylic oxidation sites excluding steroid dienone is 2. The van der Waals surface area contributed by atoms with Gasteiger partial charge in [-0.25, -0.2) is 4.79 Å². The van der Waals surface area contributed by atoms with Crippen molar-refractivity contribution in [3.63, 3.8) is 0 Å². The van der Waals surface area contributed by atoms with Crippen molar-refractivity contribution in [2.45, 2.75) is 25.0 Å². The predicted molar refractivity (Wildman–Crippen MR) is 81.9 cm³/mol. The summed E-state index contributed by atoms with van der Waals surface area (Å²) in [4.78, 5) is 12.3. The summed E-state index contributed by atoms with van der Waals surface area (Å²) in [7, 11) is 0. The maximum atomic E-state index is 12.3. The minimum Gasteiger partial charge on any atom is -0.454 e. The molecule has 1 N–H and O–H groups in total. The molecule has 1 aromatic rings. The molecule has 0 bridgehead atoms. The third kappa shape index (κ3) is 2.19. The van der Waals surface area contributed by atoms with Crippen molar-refractivity contribution in [2.24, 2.45) is 5.92 Å². The van der Waals surface area contributed by atoms with Gasteiger partial charge in [-0.2, -0.15) is 0 Å². The lowest BCUT2D eigenvalue weighted by Gasteiger charge is -2.33. The number of ether oxygens (including phenoxy) is 1. The summed E-state index contributed by atoms with van der Waals surface area (Å²) < 4.78 is 5.56. The van der Waals surface area contributed by atoms with Crippen molar-refractivity contribution in [2.75, 3.05) is 5.32 Å². The zero-order valence-corrected chi connectivity index (χ0v) is 11.7. The van der Waals surface area contributed by atoms with E-state index in [0.717, 1.165) is 24.1 Å². The third-order valence-electron chi connectivity index (χ3n) is 4.40. The summed E-state index contributed by atoms with van der Waals surface area (Å²) in [6, 6.07) is 8.33. The molecule has 21 heavy (non-hydrogen) atoms. The van der Waals surface area contributed by atoms with Crippen molar-refractivity contribution in [3.8, 4) is 0 Å². The van der Waals surface area contributed by atoms with Gasteiger partial charge in [-0.15, -0.1) is 0 Å². The largest absolute Gasteiger partial charge is 0.454 e.